The van der Waals surface area contributed by atoms with E-state index >= 15 is 0 Å². The summed E-state index contributed by atoms with van der Waals surface area (Å²) in [6.07, 6.45) is 2.76. The minimum atomic E-state index is -1.32. The number of aromatic amines is 1. The largest absolute Gasteiger partial charge is 0.481 e. The molecule has 4 atom stereocenters. The quantitative estimate of drug-likeness (QED) is 0.276. The highest BCUT2D eigenvalue weighted by Crippen LogP contribution is 2.10. The number of nitrogens with two attached hydrogens (primary N) is 1. The van der Waals surface area contributed by atoms with Crippen molar-refractivity contribution in [2.75, 3.05) is 0 Å². The fraction of sp³-hybridized carbons (Fsp3) is 0.562. The Hall–Kier alpha value is -2.95. The van der Waals surface area contributed by atoms with Gasteiger partial charge in [0.15, 0.2) is 0 Å². The fourth-order valence-electron chi connectivity index (χ4n) is 2.32. The van der Waals surface area contributed by atoms with Gasteiger partial charge in [-0.1, -0.05) is 20.3 Å². The molecule has 7 N–H and O–H groups in total. The zero-order valence-electron chi connectivity index (χ0n) is 15.1. The van der Waals surface area contributed by atoms with Crippen LogP contribution in [0.2, 0.25) is 0 Å². The smallest absolute Gasteiger partial charge is 0.326 e. The number of hydrogen-bond donors (Lipinski definition) is 6. The van der Waals surface area contributed by atoms with Crippen molar-refractivity contribution in [2.24, 2.45) is 11.7 Å². The Morgan fingerprint density at radius 1 is 1.22 bits per heavy atom. The molecule has 0 unspecified atom stereocenters. The fourth-order valence-corrected chi connectivity index (χ4v) is 2.32. The summed E-state index contributed by atoms with van der Waals surface area (Å²) in [5, 5.41) is 22.9. The van der Waals surface area contributed by atoms with Crippen molar-refractivity contribution in [3.8, 4) is 0 Å². The summed E-state index contributed by atoms with van der Waals surface area (Å²) < 4.78 is 0. The van der Waals surface area contributed by atoms with Crippen molar-refractivity contribution in [1.29, 1.82) is 0 Å². The number of imidazole rings is 1. The van der Waals surface area contributed by atoms with Gasteiger partial charge in [0.05, 0.1) is 18.8 Å². The third-order valence-electron chi connectivity index (χ3n) is 4.12. The maximum atomic E-state index is 12.6. The van der Waals surface area contributed by atoms with Crippen molar-refractivity contribution in [1.82, 2.24) is 20.6 Å². The molecule has 1 aromatic rings. The molecule has 11 nitrogen and oxygen atoms in total. The number of nitrogens with one attached hydrogen (secondary N) is 3. The average molecular weight is 383 g/mol. The number of amides is 2. The topological polar surface area (TPSA) is 188 Å². The number of carboxylic acids is 2. The first-order valence-corrected chi connectivity index (χ1v) is 8.43. The van der Waals surface area contributed by atoms with Crippen LogP contribution in [0, 0.1) is 5.92 Å². The van der Waals surface area contributed by atoms with Crippen LogP contribution in [0.3, 0.4) is 0 Å². The molecule has 0 aliphatic rings. The zero-order chi connectivity index (χ0) is 20.6. The molecule has 0 aromatic carbocycles. The second kappa shape index (κ2) is 10.3. The third kappa shape index (κ3) is 7.05. The molecule has 150 valence electrons. The number of nitrogens with zero attached hydrogens (tertiary/aromatic N) is 1. The minimum Gasteiger partial charge on any atom is -0.481 e. The molecule has 11 heteroatoms. The van der Waals surface area contributed by atoms with E-state index in [4.69, 9.17) is 10.8 Å². The van der Waals surface area contributed by atoms with Crippen molar-refractivity contribution >= 4 is 23.8 Å². The van der Waals surface area contributed by atoms with Crippen LogP contribution in [-0.2, 0) is 25.6 Å². The molecule has 0 fully saturated rings. The van der Waals surface area contributed by atoms with Gasteiger partial charge in [-0.3, -0.25) is 14.4 Å². The molecule has 0 aliphatic heterocycles. The van der Waals surface area contributed by atoms with Crippen LogP contribution in [-0.4, -0.2) is 62.1 Å². The predicted octanol–water partition coefficient (Wildman–Crippen LogP) is -1.15. The molecule has 2 amide bonds. The van der Waals surface area contributed by atoms with Gasteiger partial charge in [-0.15, -0.1) is 0 Å². The van der Waals surface area contributed by atoms with Gasteiger partial charge in [-0.25, -0.2) is 9.78 Å². The number of carbonyl (C=O) groups is 4. The SMILES string of the molecule is CC[C@H](C)[C@H](NC(=O)[C@@H](N)CC(=O)O)C(=O)N[C@@H](Cc1cnc[nH]1)C(=O)O. The summed E-state index contributed by atoms with van der Waals surface area (Å²) in [6, 6.07) is -3.60. The number of rotatable bonds is 11. The van der Waals surface area contributed by atoms with Crippen LogP contribution in [0.1, 0.15) is 32.4 Å². The highest BCUT2D eigenvalue weighted by atomic mass is 16.4. The van der Waals surface area contributed by atoms with Crippen molar-refractivity contribution in [2.45, 2.75) is 51.2 Å². The molecule has 0 radical (unpaired) electrons. The van der Waals surface area contributed by atoms with Crippen molar-refractivity contribution < 1.29 is 29.4 Å². The molecular formula is C16H25N5O6. The summed E-state index contributed by atoms with van der Waals surface area (Å²) in [4.78, 5) is 53.4. The normalized spacial score (nSPS) is 15.2. The Bertz CT molecular complexity index is 662. The van der Waals surface area contributed by atoms with Gasteiger partial charge in [0.2, 0.25) is 11.8 Å². The van der Waals surface area contributed by atoms with Crippen LogP contribution in [0.25, 0.3) is 0 Å². The molecule has 0 spiro atoms. The Balaban J connectivity index is 2.84. The Labute approximate surface area is 155 Å². The van der Waals surface area contributed by atoms with E-state index in [0.29, 0.717) is 12.1 Å². The van der Waals surface area contributed by atoms with Crippen molar-refractivity contribution in [3.63, 3.8) is 0 Å². The summed E-state index contributed by atoms with van der Waals surface area (Å²) in [7, 11) is 0. The van der Waals surface area contributed by atoms with Crippen molar-refractivity contribution in [3.05, 3.63) is 18.2 Å². The average Bonchev–Trinajstić information content (AvgIpc) is 3.10. The molecule has 1 rings (SSSR count). The lowest BCUT2D eigenvalue weighted by Gasteiger charge is -2.26. The monoisotopic (exact) mass is 383 g/mol. The standard InChI is InChI=1S/C16H25N5O6/c1-3-8(2)13(21-14(24)10(17)5-12(22)23)15(25)20-11(16(26)27)4-9-6-18-7-19-9/h6-8,10-11,13H,3-5,17H2,1-2H3,(H,18,19)(H,20,25)(H,21,24)(H,22,23)(H,26,27)/t8-,10-,11-,13-/m0/s1. The van der Waals surface area contributed by atoms with E-state index in [9.17, 15) is 24.3 Å². The number of aliphatic carboxylic acids is 2. The van der Waals surface area contributed by atoms with E-state index in [1.165, 1.54) is 12.5 Å². The molecule has 0 saturated carbocycles. The second-order valence-corrected chi connectivity index (χ2v) is 6.26. The van der Waals surface area contributed by atoms with Crippen LogP contribution >= 0.6 is 0 Å². The number of hydrogen-bond acceptors (Lipinski definition) is 6. The maximum Gasteiger partial charge on any atom is 0.326 e. The first kappa shape index (κ1) is 22.1. The number of carboxylic acid groups (broad SMARTS) is 2. The second-order valence-electron chi connectivity index (χ2n) is 6.26. The number of carbonyl (C=O) groups excluding carboxylic acids is 2. The molecule has 27 heavy (non-hydrogen) atoms. The van der Waals surface area contributed by atoms with E-state index < -0.39 is 48.3 Å². The van der Waals surface area contributed by atoms with Gasteiger partial charge in [0, 0.05) is 18.3 Å². The molecule has 1 heterocycles. The molecule has 0 bridgehead atoms. The van der Waals surface area contributed by atoms with E-state index in [2.05, 4.69) is 20.6 Å². The van der Waals surface area contributed by atoms with E-state index in [1.54, 1.807) is 13.8 Å². The van der Waals surface area contributed by atoms with Gasteiger partial charge in [-0.05, 0) is 5.92 Å². The molecule has 0 aliphatic carbocycles. The van der Waals surface area contributed by atoms with Crippen LogP contribution in [0.5, 0.6) is 0 Å². The number of H-pyrrole nitrogens is 1. The first-order chi connectivity index (χ1) is 12.6. The molecular weight excluding hydrogens is 358 g/mol. The zero-order valence-corrected chi connectivity index (χ0v) is 15.1. The maximum absolute atomic E-state index is 12.6. The number of aromatic nitrogens is 2. The van der Waals surface area contributed by atoms with Gasteiger partial charge in [0.25, 0.3) is 0 Å². The van der Waals surface area contributed by atoms with Gasteiger partial charge in [-0.2, -0.15) is 0 Å². The van der Waals surface area contributed by atoms with E-state index in [-0.39, 0.29) is 12.3 Å². The Kier molecular flexibility index (Phi) is 8.39. The minimum absolute atomic E-state index is 0.0131. The van der Waals surface area contributed by atoms with Crippen LogP contribution < -0.4 is 16.4 Å². The molecule has 1 aromatic heterocycles. The third-order valence-corrected chi connectivity index (χ3v) is 4.12. The highest BCUT2D eigenvalue weighted by molar-refractivity contribution is 5.93. The summed E-state index contributed by atoms with van der Waals surface area (Å²) in [5.74, 6) is -4.29. The predicted molar refractivity (Wildman–Crippen MR) is 93.5 cm³/mol. The molecule has 0 saturated heterocycles. The lowest BCUT2D eigenvalue weighted by atomic mass is 9.97. The Morgan fingerprint density at radius 2 is 1.89 bits per heavy atom. The summed E-state index contributed by atoms with van der Waals surface area (Å²) >= 11 is 0. The first-order valence-electron chi connectivity index (χ1n) is 8.43. The summed E-state index contributed by atoms with van der Waals surface area (Å²) in [6.45, 7) is 3.51. The summed E-state index contributed by atoms with van der Waals surface area (Å²) in [5.41, 5.74) is 6.04. The van der Waals surface area contributed by atoms with Gasteiger partial charge >= 0.3 is 11.9 Å². The van der Waals surface area contributed by atoms with E-state index in [1.807, 2.05) is 0 Å². The Morgan fingerprint density at radius 3 is 2.37 bits per heavy atom. The van der Waals surface area contributed by atoms with Gasteiger partial charge < -0.3 is 31.6 Å². The van der Waals surface area contributed by atoms with Gasteiger partial charge in [0.1, 0.15) is 12.1 Å². The lowest BCUT2D eigenvalue weighted by molar-refractivity contribution is -0.143. The van der Waals surface area contributed by atoms with Crippen LogP contribution in [0.15, 0.2) is 12.5 Å². The highest BCUT2D eigenvalue weighted by Gasteiger charge is 2.31. The lowest BCUT2D eigenvalue weighted by Crippen LogP contribution is -2.57. The van der Waals surface area contributed by atoms with E-state index in [0.717, 1.165) is 0 Å². The van der Waals surface area contributed by atoms with Crippen LogP contribution in [0.4, 0.5) is 0 Å².